The molecule has 0 atom stereocenters. The number of aromatic amines is 4. The van der Waals surface area contributed by atoms with Gasteiger partial charge in [0.2, 0.25) is 11.4 Å². The maximum absolute atomic E-state index is 8.49. The number of aromatic nitrogens is 4. The lowest BCUT2D eigenvalue weighted by molar-refractivity contribution is -2.00. The molecular weight excluding hydrogens is 387 g/mol. The molecule has 0 aliphatic carbocycles. The standard InChI is InChI=1S/C11H16N4.2ClHO4/c1-6-10(7(2)13-12-6)5-11-8(3)14-15-9(11)4;2*2-1(3,4)5/h5H2,1-4H3,(H,12,13)(H,14,15);2*(H,2,3,4,5). The highest BCUT2D eigenvalue weighted by molar-refractivity contribution is 5.31. The molecule has 0 bridgehead atoms. The van der Waals surface area contributed by atoms with Gasteiger partial charge in [0.15, 0.2) is 0 Å². The fourth-order valence-corrected chi connectivity index (χ4v) is 1.95. The van der Waals surface area contributed by atoms with Gasteiger partial charge in [-0.3, -0.25) is 0 Å². The summed E-state index contributed by atoms with van der Waals surface area (Å²) in [6.45, 7) is 8.39. The third-order valence-corrected chi connectivity index (χ3v) is 3.04. The molecule has 0 aliphatic heterocycles. The minimum atomic E-state index is -4.94. The molecule has 25 heavy (non-hydrogen) atoms. The third-order valence-electron chi connectivity index (χ3n) is 3.04. The second-order valence-electron chi connectivity index (χ2n) is 4.89. The quantitative estimate of drug-likeness (QED) is 0.484. The molecule has 0 fully saturated rings. The van der Waals surface area contributed by atoms with Crippen LogP contribution in [0.1, 0.15) is 33.9 Å². The zero-order chi connectivity index (χ0) is 20.0. The van der Waals surface area contributed by atoms with Crippen LogP contribution in [0.4, 0.5) is 0 Å². The molecule has 0 aliphatic rings. The third kappa shape index (κ3) is 11.8. The van der Waals surface area contributed by atoms with E-state index in [4.69, 9.17) is 37.3 Å². The molecule has 2 heterocycles. The number of hydrogen-bond acceptors (Lipinski definition) is 8. The van der Waals surface area contributed by atoms with E-state index in [9.17, 15) is 0 Å². The van der Waals surface area contributed by atoms with E-state index in [-0.39, 0.29) is 0 Å². The van der Waals surface area contributed by atoms with Crippen molar-refractivity contribution in [3.63, 3.8) is 0 Å². The van der Waals surface area contributed by atoms with Gasteiger partial charge in [-0.1, -0.05) is 0 Å². The maximum atomic E-state index is 8.49. The summed E-state index contributed by atoms with van der Waals surface area (Å²) in [5.41, 5.74) is 7.57. The van der Waals surface area contributed by atoms with Gasteiger partial charge in [-0.15, -0.1) is 30.7 Å². The number of halogens is 2. The molecule has 0 spiro atoms. The lowest BCUT2D eigenvalue weighted by Crippen LogP contribution is -2.68. The summed E-state index contributed by atoms with van der Waals surface area (Å²) in [5, 5.41) is 12.6. The summed E-state index contributed by atoms with van der Waals surface area (Å²) >= 11 is 0. The van der Waals surface area contributed by atoms with Crippen molar-refractivity contribution in [1.82, 2.24) is 10.2 Å². The number of aryl methyl sites for hydroxylation is 4. The number of nitrogens with one attached hydrogen (secondary N) is 4. The van der Waals surface area contributed by atoms with E-state index in [1.165, 1.54) is 33.9 Å². The molecule has 0 amide bonds. The molecule has 144 valence electrons. The van der Waals surface area contributed by atoms with Crippen molar-refractivity contribution in [3.8, 4) is 0 Å². The average Bonchev–Trinajstić information content (AvgIpc) is 2.84. The molecule has 2 rings (SSSR count). The monoisotopic (exact) mass is 404 g/mol. The fraction of sp³-hybridized carbons (Fsp3) is 0.455. The van der Waals surface area contributed by atoms with Crippen LogP contribution in [0.5, 0.6) is 0 Å². The zero-order valence-corrected chi connectivity index (χ0v) is 15.2. The van der Waals surface area contributed by atoms with E-state index in [2.05, 4.69) is 48.1 Å². The van der Waals surface area contributed by atoms with Crippen molar-refractivity contribution in [2.75, 3.05) is 0 Å². The highest BCUT2D eigenvalue weighted by Gasteiger charge is 2.18. The van der Waals surface area contributed by atoms with E-state index in [1.54, 1.807) is 0 Å². The first kappa shape index (κ1) is 23.7. The van der Waals surface area contributed by atoms with Crippen molar-refractivity contribution >= 4 is 0 Å². The Balaban J connectivity index is 0.000000480. The van der Waals surface area contributed by atoms with Crippen molar-refractivity contribution in [2.24, 2.45) is 0 Å². The van der Waals surface area contributed by atoms with Crippen LogP contribution in [0.3, 0.4) is 0 Å². The van der Waals surface area contributed by atoms with Gasteiger partial charge in [0.05, 0.1) is 22.5 Å². The van der Waals surface area contributed by atoms with Gasteiger partial charge in [-0.2, -0.15) is 10.2 Å². The lowest BCUT2D eigenvalue weighted by Gasteiger charge is -2.17. The Labute approximate surface area is 146 Å². The SMILES string of the molecule is Cc1[nH][nH+]c(C)c1Cc1c(C)[nH][nH+]c1C.[O-][Cl+3]([O-])([O-])[O-].[O-][Cl+3]([O-])([O-])[O-]. The fourth-order valence-electron chi connectivity index (χ4n) is 1.95. The van der Waals surface area contributed by atoms with Crippen molar-refractivity contribution < 1.29 is 68.0 Å². The Morgan fingerprint density at radius 3 is 1.04 bits per heavy atom. The summed E-state index contributed by atoms with van der Waals surface area (Å²) in [5.74, 6) is 0. The van der Waals surface area contributed by atoms with Crippen LogP contribution in [0.25, 0.3) is 0 Å². The van der Waals surface area contributed by atoms with Gasteiger partial charge >= 0.3 is 0 Å². The molecular formula is C11H18Cl2N4O8. The van der Waals surface area contributed by atoms with Gasteiger partial charge in [0.1, 0.15) is 0 Å². The molecule has 4 N–H and O–H groups in total. The minimum Gasteiger partial charge on any atom is -0.222 e. The molecule has 2 aromatic heterocycles. The van der Waals surface area contributed by atoms with E-state index in [1.807, 2.05) is 0 Å². The molecule has 0 saturated heterocycles. The first-order valence-electron chi connectivity index (χ1n) is 6.44. The highest BCUT2D eigenvalue weighted by atomic mass is 35.7. The van der Waals surface area contributed by atoms with E-state index in [0.29, 0.717) is 0 Å². The van der Waals surface area contributed by atoms with Gasteiger partial charge in [0, 0.05) is 20.3 Å². The summed E-state index contributed by atoms with van der Waals surface area (Å²) in [7, 11) is -9.89. The highest BCUT2D eigenvalue weighted by Crippen LogP contribution is 2.16. The smallest absolute Gasteiger partial charge is 0.205 e. The number of rotatable bonds is 2. The van der Waals surface area contributed by atoms with Crippen LogP contribution >= 0.6 is 0 Å². The maximum Gasteiger partial charge on any atom is 0.205 e. The number of hydrogen-bond donors (Lipinski definition) is 2. The molecule has 0 saturated carbocycles. The molecule has 12 nitrogen and oxygen atoms in total. The van der Waals surface area contributed by atoms with Crippen molar-refractivity contribution in [2.45, 2.75) is 34.1 Å². The summed E-state index contributed by atoms with van der Waals surface area (Å²) in [4.78, 5) is 0. The average molecular weight is 405 g/mol. The molecule has 0 unspecified atom stereocenters. The topological polar surface area (TPSA) is 244 Å². The van der Waals surface area contributed by atoms with Crippen LogP contribution in [0, 0.1) is 48.2 Å². The second kappa shape index (κ2) is 9.40. The second-order valence-corrected chi connectivity index (χ2v) is 6.40. The molecule has 14 heteroatoms. The summed E-state index contributed by atoms with van der Waals surface area (Å²) in [6.07, 6.45) is 0.968. The van der Waals surface area contributed by atoms with Crippen LogP contribution in [0.2, 0.25) is 0 Å². The minimum absolute atomic E-state index is 0.968. The Hall–Kier alpha value is -1.32. The molecule has 0 radical (unpaired) electrons. The first-order chi connectivity index (χ1) is 11.1. The molecule has 0 aromatic carbocycles. The normalized spacial score (nSPS) is 11.4. The lowest BCUT2D eigenvalue weighted by atomic mass is 10.0. The van der Waals surface area contributed by atoms with Gasteiger partial charge in [-0.25, -0.2) is 37.3 Å². The zero-order valence-electron chi connectivity index (χ0n) is 13.7. The van der Waals surface area contributed by atoms with E-state index >= 15 is 0 Å². The van der Waals surface area contributed by atoms with Gasteiger partial charge in [-0.05, 0) is 13.8 Å². The Kier molecular flexibility index (Phi) is 8.90. The van der Waals surface area contributed by atoms with Crippen LogP contribution in [-0.2, 0) is 6.42 Å². The van der Waals surface area contributed by atoms with Crippen molar-refractivity contribution in [3.05, 3.63) is 33.9 Å². The Bertz CT molecular complexity index is 555. The predicted octanol–water partition coefficient (Wildman–Crippen LogP) is -8.72. The van der Waals surface area contributed by atoms with Crippen LogP contribution in [0.15, 0.2) is 0 Å². The Morgan fingerprint density at radius 2 is 0.880 bits per heavy atom. The van der Waals surface area contributed by atoms with Crippen LogP contribution < -0.4 is 47.5 Å². The largest absolute Gasteiger partial charge is 0.222 e. The summed E-state index contributed by atoms with van der Waals surface area (Å²) in [6, 6.07) is 0. The van der Waals surface area contributed by atoms with Gasteiger partial charge < -0.3 is 0 Å². The van der Waals surface area contributed by atoms with E-state index in [0.717, 1.165) is 6.42 Å². The van der Waals surface area contributed by atoms with Crippen molar-refractivity contribution in [1.29, 1.82) is 0 Å². The van der Waals surface area contributed by atoms with Crippen LogP contribution in [-0.4, -0.2) is 10.2 Å². The number of H-pyrrole nitrogens is 4. The Morgan fingerprint density at radius 1 is 0.640 bits per heavy atom. The predicted molar refractivity (Wildman–Crippen MR) is 56.5 cm³/mol. The summed E-state index contributed by atoms with van der Waals surface area (Å²) < 4.78 is 67.9. The first-order valence-corrected chi connectivity index (χ1v) is 8.91. The van der Waals surface area contributed by atoms with Gasteiger partial charge in [0.25, 0.3) is 0 Å². The molecule has 2 aromatic rings. The van der Waals surface area contributed by atoms with E-state index < -0.39 is 20.5 Å².